The van der Waals surface area contributed by atoms with E-state index in [1.165, 1.54) is 24.1 Å². The normalized spacial score (nSPS) is 23.6. The number of halogens is 1. The summed E-state index contributed by atoms with van der Waals surface area (Å²) in [6.45, 7) is 9.92. The van der Waals surface area contributed by atoms with Crippen LogP contribution in [0.25, 0.3) is 0 Å². The van der Waals surface area contributed by atoms with E-state index < -0.39 is 0 Å². The summed E-state index contributed by atoms with van der Waals surface area (Å²) >= 11 is 6.47. The summed E-state index contributed by atoms with van der Waals surface area (Å²) in [5, 5.41) is 4.50. The highest BCUT2D eigenvalue weighted by Gasteiger charge is 2.25. The maximum atomic E-state index is 6.47. The molecule has 0 bridgehead atoms. The fraction of sp³-hybridized carbons (Fsp3) is 0.647. The van der Waals surface area contributed by atoms with Crippen LogP contribution in [0.1, 0.15) is 32.3 Å². The minimum absolute atomic E-state index is 0.604. The van der Waals surface area contributed by atoms with E-state index in [9.17, 15) is 0 Å². The summed E-state index contributed by atoms with van der Waals surface area (Å²) in [5.74, 6) is 0. The van der Waals surface area contributed by atoms with Crippen LogP contribution >= 0.6 is 11.6 Å². The molecule has 1 unspecified atom stereocenters. The molecule has 1 heterocycles. The van der Waals surface area contributed by atoms with Crippen LogP contribution in [0.5, 0.6) is 0 Å². The Morgan fingerprint density at radius 2 is 2.10 bits per heavy atom. The topological polar surface area (TPSA) is 18.5 Å². The van der Waals surface area contributed by atoms with E-state index in [2.05, 4.69) is 41.1 Å². The Morgan fingerprint density at radius 3 is 2.76 bits per heavy atom. The van der Waals surface area contributed by atoms with Crippen molar-refractivity contribution in [2.75, 3.05) is 31.1 Å². The Hall–Kier alpha value is -0.770. The fourth-order valence-electron chi connectivity index (χ4n) is 3.24. The van der Waals surface area contributed by atoms with E-state index in [0.29, 0.717) is 12.1 Å². The first-order valence-corrected chi connectivity index (χ1v) is 8.56. The summed E-state index contributed by atoms with van der Waals surface area (Å²) < 4.78 is 0. The highest BCUT2D eigenvalue weighted by atomic mass is 35.5. The van der Waals surface area contributed by atoms with E-state index >= 15 is 0 Å². The first kappa shape index (κ1) is 15.1. The molecule has 1 aliphatic carbocycles. The number of nitrogens with one attached hydrogen (secondary N) is 1. The molecule has 21 heavy (non-hydrogen) atoms. The number of anilines is 1. The Bertz CT molecular complexity index is 487. The van der Waals surface area contributed by atoms with Gasteiger partial charge in [-0.1, -0.05) is 24.6 Å². The van der Waals surface area contributed by atoms with Crippen molar-refractivity contribution in [3.05, 3.63) is 28.8 Å². The average Bonchev–Trinajstić information content (AvgIpc) is 3.30. The minimum atomic E-state index is 0.604. The van der Waals surface area contributed by atoms with E-state index in [-0.39, 0.29) is 0 Å². The van der Waals surface area contributed by atoms with Crippen LogP contribution in [-0.2, 0) is 6.54 Å². The van der Waals surface area contributed by atoms with Gasteiger partial charge in [0.05, 0.1) is 0 Å². The van der Waals surface area contributed by atoms with Crippen LogP contribution in [-0.4, -0.2) is 43.2 Å². The lowest BCUT2D eigenvalue weighted by Gasteiger charge is -2.41. The van der Waals surface area contributed by atoms with Crippen LogP contribution in [0.3, 0.4) is 0 Å². The average molecular weight is 308 g/mol. The summed E-state index contributed by atoms with van der Waals surface area (Å²) in [6, 6.07) is 7.64. The molecular weight excluding hydrogens is 282 g/mol. The van der Waals surface area contributed by atoms with Crippen LogP contribution in [0.15, 0.2) is 18.2 Å². The molecular formula is C17H26ClN3. The van der Waals surface area contributed by atoms with Gasteiger partial charge in [0.1, 0.15) is 0 Å². The largest absolute Gasteiger partial charge is 0.368 e. The van der Waals surface area contributed by atoms with Gasteiger partial charge < -0.3 is 10.2 Å². The minimum Gasteiger partial charge on any atom is -0.368 e. The van der Waals surface area contributed by atoms with Crippen LogP contribution < -0.4 is 10.2 Å². The summed E-state index contributed by atoms with van der Waals surface area (Å²) in [4.78, 5) is 5.05. The van der Waals surface area contributed by atoms with Crippen molar-refractivity contribution >= 4 is 17.3 Å². The third-order valence-electron chi connectivity index (χ3n) is 4.75. The summed E-state index contributed by atoms with van der Waals surface area (Å²) in [5.41, 5.74) is 2.58. The van der Waals surface area contributed by atoms with Gasteiger partial charge in [0.25, 0.3) is 0 Å². The van der Waals surface area contributed by atoms with E-state index in [1.807, 2.05) is 6.07 Å². The van der Waals surface area contributed by atoms with Gasteiger partial charge in [-0.3, -0.25) is 4.90 Å². The molecule has 1 saturated heterocycles. The second-order valence-corrected chi connectivity index (χ2v) is 6.72. The molecule has 1 N–H and O–H groups in total. The molecule has 0 amide bonds. The zero-order valence-corrected chi connectivity index (χ0v) is 13.9. The third-order valence-corrected chi connectivity index (χ3v) is 5.11. The molecule has 1 aromatic carbocycles. The molecule has 1 atom stereocenters. The van der Waals surface area contributed by atoms with Crippen LogP contribution in [0.2, 0.25) is 5.02 Å². The van der Waals surface area contributed by atoms with Crippen molar-refractivity contribution in [1.29, 1.82) is 0 Å². The molecule has 3 rings (SSSR count). The van der Waals surface area contributed by atoms with Gasteiger partial charge in [0, 0.05) is 54.5 Å². The van der Waals surface area contributed by atoms with Crippen LogP contribution in [0.4, 0.5) is 5.69 Å². The van der Waals surface area contributed by atoms with E-state index in [4.69, 9.17) is 11.6 Å². The van der Waals surface area contributed by atoms with Gasteiger partial charge in [-0.2, -0.15) is 0 Å². The fourth-order valence-corrected chi connectivity index (χ4v) is 3.47. The SMILES string of the molecule is CCN1CCN(c2cccc(Cl)c2CNC2CC2)CC1C. The molecule has 0 spiro atoms. The standard InChI is InChI=1S/C17H26ClN3/c1-3-20-9-10-21(12-13(20)2)17-6-4-5-16(18)15(17)11-19-14-7-8-14/h4-6,13-14,19H,3,7-12H2,1-2H3. The predicted octanol–water partition coefficient (Wildman–Crippen LogP) is 3.12. The highest BCUT2D eigenvalue weighted by Crippen LogP contribution is 2.30. The third kappa shape index (κ3) is 3.53. The zero-order valence-electron chi connectivity index (χ0n) is 13.1. The van der Waals surface area contributed by atoms with Crippen molar-refractivity contribution < 1.29 is 0 Å². The smallest absolute Gasteiger partial charge is 0.0471 e. The lowest BCUT2D eigenvalue weighted by molar-refractivity contribution is 0.199. The number of piperazine rings is 1. The van der Waals surface area contributed by atoms with Gasteiger partial charge in [0.2, 0.25) is 0 Å². The van der Waals surface area contributed by atoms with Gasteiger partial charge in [-0.05, 0) is 38.4 Å². The van der Waals surface area contributed by atoms with Gasteiger partial charge in [-0.15, -0.1) is 0 Å². The molecule has 2 fully saturated rings. The van der Waals surface area contributed by atoms with E-state index in [1.54, 1.807) is 0 Å². The number of benzene rings is 1. The van der Waals surface area contributed by atoms with E-state index in [0.717, 1.165) is 37.7 Å². The Kier molecular flexibility index (Phi) is 4.72. The number of nitrogens with zero attached hydrogens (tertiary/aromatic N) is 2. The Morgan fingerprint density at radius 1 is 1.29 bits per heavy atom. The second kappa shape index (κ2) is 6.55. The first-order chi connectivity index (χ1) is 10.2. The molecule has 4 heteroatoms. The number of hydrogen-bond donors (Lipinski definition) is 1. The number of likely N-dealkylation sites (N-methyl/N-ethyl adjacent to an activating group) is 1. The molecule has 3 nitrogen and oxygen atoms in total. The molecule has 2 aliphatic rings. The van der Waals surface area contributed by atoms with Gasteiger partial charge in [0.15, 0.2) is 0 Å². The quantitative estimate of drug-likeness (QED) is 0.901. The molecule has 116 valence electrons. The maximum Gasteiger partial charge on any atom is 0.0471 e. The predicted molar refractivity (Wildman–Crippen MR) is 90.2 cm³/mol. The van der Waals surface area contributed by atoms with Crippen molar-refractivity contribution in [1.82, 2.24) is 10.2 Å². The van der Waals surface area contributed by atoms with Crippen molar-refractivity contribution in [3.8, 4) is 0 Å². The molecule has 0 aromatic heterocycles. The monoisotopic (exact) mass is 307 g/mol. The first-order valence-electron chi connectivity index (χ1n) is 8.18. The molecule has 1 aromatic rings. The number of rotatable bonds is 5. The zero-order chi connectivity index (χ0) is 14.8. The lowest BCUT2D eigenvalue weighted by Crippen LogP contribution is -2.52. The molecule has 1 saturated carbocycles. The second-order valence-electron chi connectivity index (χ2n) is 6.32. The van der Waals surface area contributed by atoms with Crippen molar-refractivity contribution in [2.24, 2.45) is 0 Å². The van der Waals surface area contributed by atoms with Crippen molar-refractivity contribution in [2.45, 2.75) is 45.3 Å². The molecule has 1 aliphatic heterocycles. The highest BCUT2D eigenvalue weighted by molar-refractivity contribution is 6.31. The molecule has 0 radical (unpaired) electrons. The maximum absolute atomic E-state index is 6.47. The number of hydrogen-bond acceptors (Lipinski definition) is 3. The van der Waals surface area contributed by atoms with Crippen molar-refractivity contribution in [3.63, 3.8) is 0 Å². The summed E-state index contributed by atoms with van der Waals surface area (Å²) in [7, 11) is 0. The Labute approximate surface area is 133 Å². The Balaban J connectivity index is 1.75. The summed E-state index contributed by atoms with van der Waals surface area (Å²) in [6.07, 6.45) is 2.62. The van der Waals surface area contributed by atoms with Crippen LogP contribution in [0, 0.1) is 0 Å². The van der Waals surface area contributed by atoms with Gasteiger partial charge >= 0.3 is 0 Å². The van der Waals surface area contributed by atoms with Gasteiger partial charge in [-0.25, -0.2) is 0 Å². The lowest BCUT2D eigenvalue weighted by atomic mass is 10.1.